The molecule has 152 valence electrons. The zero-order chi connectivity index (χ0) is 19.9. The minimum Gasteiger partial charge on any atom is -0.480 e. The number of carboxylic acid groups (broad SMARTS) is 1. The van der Waals surface area contributed by atoms with E-state index in [0.717, 1.165) is 25.8 Å². The van der Waals surface area contributed by atoms with Gasteiger partial charge in [0.1, 0.15) is 6.04 Å². The standard InChI is InChI=1S/C21H40N2O3/c1-6-7-8-9-10-11-12-13-14-15-22-18(16(2)3)20(24)23-19(17(4)5)21(25)26/h6,16-19,22H,1,7-15H2,2-5H3,(H,23,24)(H,25,26)/t18-,19-/m1/s1. The molecule has 0 radical (unpaired) electrons. The summed E-state index contributed by atoms with van der Waals surface area (Å²) in [6.45, 7) is 12.1. The van der Waals surface area contributed by atoms with Crippen molar-refractivity contribution >= 4 is 11.9 Å². The fourth-order valence-corrected chi connectivity index (χ4v) is 2.94. The molecule has 0 aromatic heterocycles. The molecule has 0 aromatic rings. The molecule has 0 aliphatic heterocycles. The van der Waals surface area contributed by atoms with Crippen LogP contribution in [0.15, 0.2) is 12.7 Å². The highest BCUT2D eigenvalue weighted by Gasteiger charge is 2.28. The second-order valence-corrected chi connectivity index (χ2v) is 7.80. The summed E-state index contributed by atoms with van der Waals surface area (Å²) < 4.78 is 0. The first kappa shape index (κ1) is 24.6. The van der Waals surface area contributed by atoms with Crippen LogP contribution in [-0.4, -0.2) is 35.6 Å². The van der Waals surface area contributed by atoms with E-state index >= 15 is 0 Å². The van der Waals surface area contributed by atoms with E-state index in [0.29, 0.717) is 0 Å². The van der Waals surface area contributed by atoms with Gasteiger partial charge in [0, 0.05) is 0 Å². The summed E-state index contributed by atoms with van der Waals surface area (Å²) in [5.74, 6) is -1.23. The molecule has 0 rings (SSSR count). The van der Waals surface area contributed by atoms with Gasteiger partial charge in [-0.2, -0.15) is 0 Å². The summed E-state index contributed by atoms with van der Waals surface area (Å²) in [6.07, 6.45) is 11.6. The van der Waals surface area contributed by atoms with Crippen LogP contribution in [0.5, 0.6) is 0 Å². The molecule has 0 aliphatic rings. The highest BCUT2D eigenvalue weighted by atomic mass is 16.4. The molecule has 5 nitrogen and oxygen atoms in total. The molecule has 0 spiro atoms. The third-order valence-electron chi connectivity index (χ3n) is 4.63. The first-order chi connectivity index (χ1) is 12.3. The van der Waals surface area contributed by atoms with E-state index in [-0.39, 0.29) is 23.8 Å². The van der Waals surface area contributed by atoms with Crippen LogP contribution < -0.4 is 10.6 Å². The van der Waals surface area contributed by atoms with Gasteiger partial charge in [0.05, 0.1) is 6.04 Å². The van der Waals surface area contributed by atoms with Gasteiger partial charge in [0.15, 0.2) is 0 Å². The molecule has 0 saturated heterocycles. The van der Waals surface area contributed by atoms with Gasteiger partial charge >= 0.3 is 5.97 Å². The van der Waals surface area contributed by atoms with Crippen molar-refractivity contribution in [3.05, 3.63) is 12.7 Å². The van der Waals surface area contributed by atoms with Crippen LogP contribution in [0.3, 0.4) is 0 Å². The second-order valence-electron chi connectivity index (χ2n) is 7.80. The minimum absolute atomic E-state index is 0.112. The monoisotopic (exact) mass is 368 g/mol. The molecule has 26 heavy (non-hydrogen) atoms. The highest BCUT2D eigenvalue weighted by molar-refractivity contribution is 5.87. The zero-order valence-electron chi connectivity index (χ0n) is 17.2. The summed E-state index contributed by atoms with van der Waals surface area (Å²) in [5.41, 5.74) is 0. The lowest BCUT2D eigenvalue weighted by Gasteiger charge is -2.25. The van der Waals surface area contributed by atoms with Gasteiger partial charge in [-0.1, -0.05) is 65.9 Å². The Morgan fingerprint density at radius 2 is 1.38 bits per heavy atom. The molecule has 1 amide bonds. The van der Waals surface area contributed by atoms with E-state index in [1.165, 1.54) is 32.1 Å². The number of amides is 1. The third kappa shape index (κ3) is 11.3. The van der Waals surface area contributed by atoms with Crippen LogP contribution in [0, 0.1) is 11.8 Å². The quantitative estimate of drug-likeness (QED) is 0.283. The van der Waals surface area contributed by atoms with Gasteiger partial charge in [-0.25, -0.2) is 4.79 Å². The Morgan fingerprint density at radius 3 is 1.85 bits per heavy atom. The number of unbranched alkanes of at least 4 members (excludes halogenated alkanes) is 7. The number of hydrogen-bond donors (Lipinski definition) is 3. The molecule has 0 aliphatic carbocycles. The Kier molecular flexibility index (Phi) is 14.0. The summed E-state index contributed by atoms with van der Waals surface area (Å²) in [4.78, 5) is 23.7. The molecule has 0 heterocycles. The average Bonchev–Trinajstić information content (AvgIpc) is 2.56. The number of carbonyl (C=O) groups is 2. The number of carbonyl (C=O) groups excluding carboxylic acids is 1. The van der Waals surface area contributed by atoms with Crippen molar-refractivity contribution < 1.29 is 14.7 Å². The first-order valence-corrected chi connectivity index (χ1v) is 10.2. The number of rotatable bonds is 16. The fourth-order valence-electron chi connectivity index (χ4n) is 2.94. The molecule has 0 fully saturated rings. The van der Waals surface area contributed by atoms with E-state index in [9.17, 15) is 14.7 Å². The smallest absolute Gasteiger partial charge is 0.326 e. The van der Waals surface area contributed by atoms with Gasteiger partial charge in [-0.3, -0.25) is 4.79 Å². The molecule has 0 aromatic carbocycles. The Morgan fingerprint density at radius 1 is 0.885 bits per heavy atom. The Hall–Kier alpha value is -1.36. The fraction of sp³-hybridized carbons (Fsp3) is 0.810. The zero-order valence-corrected chi connectivity index (χ0v) is 17.2. The molecule has 2 atom stereocenters. The number of hydrogen-bond acceptors (Lipinski definition) is 3. The largest absolute Gasteiger partial charge is 0.480 e. The molecule has 0 unspecified atom stereocenters. The van der Waals surface area contributed by atoms with Crippen molar-refractivity contribution in [3.63, 3.8) is 0 Å². The summed E-state index contributed by atoms with van der Waals surface area (Å²) in [6, 6.07) is -1.19. The maximum absolute atomic E-state index is 12.5. The van der Waals surface area contributed by atoms with Crippen molar-refractivity contribution in [1.82, 2.24) is 10.6 Å². The predicted molar refractivity (Wildman–Crippen MR) is 108 cm³/mol. The summed E-state index contributed by atoms with van der Waals surface area (Å²) in [7, 11) is 0. The molecule has 0 saturated carbocycles. The maximum Gasteiger partial charge on any atom is 0.326 e. The second kappa shape index (κ2) is 14.8. The number of nitrogens with one attached hydrogen (secondary N) is 2. The Labute approximate surface area is 160 Å². The predicted octanol–water partition coefficient (Wildman–Crippen LogP) is 4.13. The lowest BCUT2D eigenvalue weighted by Crippen LogP contribution is -2.53. The van der Waals surface area contributed by atoms with Gasteiger partial charge in [-0.15, -0.1) is 6.58 Å². The first-order valence-electron chi connectivity index (χ1n) is 10.2. The van der Waals surface area contributed by atoms with Crippen molar-refractivity contribution in [3.8, 4) is 0 Å². The van der Waals surface area contributed by atoms with Crippen molar-refractivity contribution in [2.45, 2.75) is 91.1 Å². The SMILES string of the molecule is C=CCCCCCCCCCN[C@@H](C(=O)N[C@@H](C(=O)O)C(C)C)C(C)C. The van der Waals surface area contributed by atoms with E-state index in [1.807, 2.05) is 19.9 Å². The normalized spacial score (nSPS) is 13.6. The summed E-state index contributed by atoms with van der Waals surface area (Å²) in [5, 5.41) is 15.2. The summed E-state index contributed by atoms with van der Waals surface area (Å²) >= 11 is 0. The minimum atomic E-state index is -0.982. The molecular formula is C21H40N2O3. The van der Waals surface area contributed by atoms with Crippen molar-refractivity contribution in [2.24, 2.45) is 11.8 Å². The Balaban J connectivity index is 4.07. The lowest BCUT2D eigenvalue weighted by atomic mass is 10.00. The lowest BCUT2D eigenvalue weighted by molar-refractivity contribution is -0.143. The van der Waals surface area contributed by atoms with Gasteiger partial charge in [0.2, 0.25) is 5.91 Å². The van der Waals surface area contributed by atoms with E-state index < -0.39 is 12.0 Å². The van der Waals surface area contributed by atoms with E-state index in [2.05, 4.69) is 17.2 Å². The van der Waals surface area contributed by atoms with E-state index in [4.69, 9.17) is 0 Å². The number of carboxylic acids is 1. The number of aliphatic carboxylic acids is 1. The van der Waals surface area contributed by atoms with Gasteiger partial charge in [0.25, 0.3) is 0 Å². The highest BCUT2D eigenvalue weighted by Crippen LogP contribution is 2.10. The van der Waals surface area contributed by atoms with Crippen LogP contribution >= 0.6 is 0 Å². The molecule has 0 bridgehead atoms. The van der Waals surface area contributed by atoms with Crippen molar-refractivity contribution in [1.29, 1.82) is 0 Å². The van der Waals surface area contributed by atoms with Crippen LogP contribution in [0.4, 0.5) is 0 Å². The van der Waals surface area contributed by atoms with Gasteiger partial charge in [-0.05, 0) is 37.6 Å². The molecule has 3 N–H and O–H groups in total. The topological polar surface area (TPSA) is 78.4 Å². The van der Waals surface area contributed by atoms with Crippen LogP contribution in [0.2, 0.25) is 0 Å². The van der Waals surface area contributed by atoms with E-state index in [1.54, 1.807) is 13.8 Å². The molecular weight excluding hydrogens is 328 g/mol. The molecule has 5 heteroatoms. The average molecular weight is 369 g/mol. The van der Waals surface area contributed by atoms with Crippen LogP contribution in [-0.2, 0) is 9.59 Å². The third-order valence-corrected chi connectivity index (χ3v) is 4.63. The van der Waals surface area contributed by atoms with Gasteiger partial charge < -0.3 is 15.7 Å². The van der Waals surface area contributed by atoms with Crippen LogP contribution in [0.1, 0.15) is 79.1 Å². The Bertz CT molecular complexity index is 408. The number of allylic oxidation sites excluding steroid dienone is 1. The van der Waals surface area contributed by atoms with Crippen LogP contribution in [0.25, 0.3) is 0 Å². The van der Waals surface area contributed by atoms with Crippen molar-refractivity contribution in [2.75, 3.05) is 6.54 Å². The maximum atomic E-state index is 12.5.